The maximum atomic E-state index is 13.4. The number of halogens is 4. The molecule has 0 aliphatic carbocycles. The van der Waals surface area contributed by atoms with Crippen molar-refractivity contribution in [1.29, 1.82) is 0 Å². The molecule has 0 fully saturated rings. The van der Waals surface area contributed by atoms with E-state index in [0.717, 1.165) is 29.5 Å². The van der Waals surface area contributed by atoms with Gasteiger partial charge >= 0.3 is 6.18 Å². The fourth-order valence-corrected chi connectivity index (χ4v) is 4.47. The normalized spacial score (nSPS) is 12.7. The molecule has 0 aliphatic rings. The van der Waals surface area contributed by atoms with Crippen LogP contribution in [0.5, 0.6) is 0 Å². The number of amides is 2. The van der Waals surface area contributed by atoms with E-state index in [9.17, 15) is 31.2 Å². The summed E-state index contributed by atoms with van der Waals surface area (Å²) in [5.74, 6) is -1.25. The van der Waals surface area contributed by atoms with Gasteiger partial charge in [0.1, 0.15) is 12.6 Å². The maximum Gasteiger partial charge on any atom is 0.416 e. The molecule has 0 heterocycles. The molecule has 1 N–H and O–H groups in total. The van der Waals surface area contributed by atoms with E-state index in [-0.39, 0.29) is 11.6 Å². The highest BCUT2D eigenvalue weighted by Crippen LogP contribution is 2.36. The number of benzene rings is 2. The minimum atomic E-state index is -4.75. The molecule has 1 unspecified atom stereocenters. The maximum absolute atomic E-state index is 13.4. The van der Waals surface area contributed by atoms with Crippen molar-refractivity contribution < 1.29 is 31.2 Å². The standard InChI is InChI=1S/C23H27ClF3N3O4S/c1-5-28-22(32)16(3)29(13-17-9-7-6-8-15(17)2)21(31)14-30(35(4,33)34)20-12-18(23(25,26)27)10-11-19(20)24/h6-12,16H,5,13-14H2,1-4H3,(H,28,32). The van der Waals surface area contributed by atoms with E-state index in [1.807, 2.05) is 13.0 Å². The molecule has 0 spiro atoms. The number of rotatable bonds is 9. The quantitative estimate of drug-likeness (QED) is 0.528. The van der Waals surface area contributed by atoms with E-state index in [1.54, 1.807) is 25.1 Å². The van der Waals surface area contributed by atoms with Gasteiger partial charge in [0.15, 0.2) is 0 Å². The molecule has 0 aliphatic heterocycles. The van der Waals surface area contributed by atoms with Crippen LogP contribution in [0.15, 0.2) is 42.5 Å². The second-order valence-electron chi connectivity index (χ2n) is 7.95. The van der Waals surface area contributed by atoms with Gasteiger partial charge in [-0.2, -0.15) is 13.2 Å². The largest absolute Gasteiger partial charge is 0.416 e. The Labute approximate surface area is 207 Å². The van der Waals surface area contributed by atoms with Crippen LogP contribution in [0.2, 0.25) is 5.02 Å². The van der Waals surface area contributed by atoms with Crippen LogP contribution in [-0.4, -0.2) is 50.5 Å². The minimum Gasteiger partial charge on any atom is -0.355 e. The second-order valence-corrected chi connectivity index (χ2v) is 10.3. The number of nitrogens with one attached hydrogen (secondary N) is 1. The Morgan fingerprint density at radius 2 is 1.77 bits per heavy atom. The van der Waals surface area contributed by atoms with Crippen molar-refractivity contribution in [1.82, 2.24) is 10.2 Å². The van der Waals surface area contributed by atoms with E-state index < -0.39 is 51.9 Å². The van der Waals surface area contributed by atoms with E-state index >= 15 is 0 Å². The van der Waals surface area contributed by atoms with Crippen LogP contribution in [-0.2, 0) is 32.3 Å². The Morgan fingerprint density at radius 3 is 2.31 bits per heavy atom. The molecular formula is C23H27ClF3N3O4S. The number of hydrogen-bond acceptors (Lipinski definition) is 4. The molecule has 0 saturated carbocycles. The summed E-state index contributed by atoms with van der Waals surface area (Å²) in [5.41, 5.74) is -0.0430. The number of likely N-dealkylation sites (N-methyl/N-ethyl adjacent to an activating group) is 1. The van der Waals surface area contributed by atoms with Gasteiger partial charge in [0, 0.05) is 13.1 Å². The van der Waals surface area contributed by atoms with Gasteiger partial charge in [0.05, 0.1) is 22.5 Å². The highest BCUT2D eigenvalue weighted by Gasteiger charge is 2.34. The van der Waals surface area contributed by atoms with E-state index in [4.69, 9.17) is 11.6 Å². The number of nitrogens with zero attached hydrogens (tertiary/aromatic N) is 2. The van der Waals surface area contributed by atoms with E-state index in [1.165, 1.54) is 11.8 Å². The number of anilines is 1. The Bertz CT molecular complexity index is 1190. The molecule has 35 heavy (non-hydrogen) atoms. The fourth-order valence-electron chi connectivity index (χ4n) is 3.35. The summed E-state index contributed by atoms with van der Waals surface area (Å²) >= 11 is 6.05. The highest BCUT2D eigenvalue weighted by atomic mass is 35.5. The third kappa shape index (κ3) is 7.35. The van der Waals surface area contributed by atoms with Crippen molar-refractivity contribution in [3.05, 3.63) is 64.2 Å². The van der Waals surface area contributed by atoms with E-state index in [0.29, 0.717) is 16.9 Å². The molecule has 2 aromatic rings. The lowest BCUT2D eigenvalue weighted by molar-refractivity contribution is -0.139. The van der Waals surface area contributed by atoms with Crippen molar-refractivity contribution in [2.45, 2.75) is 39.5 Å². The van der Waals surface area contributed by atoms with Crippen molar-refractivity contribution in [2.24, 2.45) is 0 Å². The second kappa shape index (κ2) is 11.3. The lowest BCUT2D eigenvalue weighted by Crippen LogP contribution is -2.51. The zero-order chi connectivity index (χ0) is 26.6. The third-order valence-corrected chi connectivity index (χ3v) is 6.79. The first-order chi connectivity index (χ1) is 16.2. The molecule has 192 valence electrons. The molecular weight excluding hydrogens is 507 g/mol. The topological polar surface area (TPSA) is 86.8 Å². The number of carbonyl (C=O) groups is 2. The summed E-state index contributed by atoms with van der Waals surface area (Å²) in [4.78, 5) is 27.1. The summed E-state index contributed by atoms with van der Waals surface area (Å²) < 4.78 is 65.4. The zero-order valence-electron chi connectivity index (χ0n) is 19.7. The summed E-state index contributed by atoms with van der Waals surface area (Å²) in [6.45, 7) is 4.46. The smallest absolute Gasteiger partial charge is 0.355 e. The number of hydrogen-bond donors (Lipinski definition) is 1. The molecule has 0 bridgehead atoms. The van der Waals surface area contributed by atoms with Crippen molar-refractivity contribution in [3.63, 3.8) is 0 Å². The van der Waals surface area contributed by atoms with Crippen LogP contribution < -0.4 is 9.62 Å². The van der Waals surface area contributed by atoms with Crippen molar-refractivity contribution in [2.75, 3.05) is 23.7 Å². The van der Waals surface area contributed by atoms with Gasteiger partial charge in [0.2, 0.25) is 21.8 Å². The Morgan fingerprint density at radius 1 is 1.14 bits per heavy atom. The first kappa shape index (κ1) is 28.4. The van der Waals surface area contributed by atoms with Gasteiger partial charge in [-0.05, 0) is 50.1 Å². The van der Waals surface area contributed by atoms with Crippen LogP contribution in [0.4, 0.5) is 18.9 Å². The Hall–Kier alpha value is -2.79. The number of alkyl halides is 3. The lowest BCUT2D eigenvalue weighted by Gasteiger charge is -2.32. The van der Waals surface area contributed by atoms with Gasteiger partial charge in [-0.15, -0.1) is 0 Å². The first-order valence-corrected chi connectivity index (χ1v) is 12.9. The van der Waals surface area contributed by atoms with Crippen LogP contribution in [0, 0.1) is 6.92 Å². The zero-order valence-corrected chi connectivity index (χ0v) is 21.3. The van der Waals surface area contributed by atoms with Gasteiger partial charge < -0.3 is 10.2 Å². The summed E-state index contributed by atoms with van der Waals surface area (Å²) in [6, 6.07) is 8.38. The molecule has 2 rings (SSSR count). The van der Waals surface area contributed by atoms with Gasteiger partial charge in [-0.25, -0.2) is 8.42 Å². The SMILES string of the molecule is CCNC(=O)C(C)N(Cc1ccccc1C)C(=O)CN(c1cc(C(F)(F)F)ccc1Cl)S(C)(=O)=O. The molecule has 0 radical (unpaired) electrons. The van der Waals surface area contributed by atoms with E-state index in [2.05, 4.69) is 5.32 Å². The average molecular weight is 534 g/mol. The van der Waals surface area contributed by atoms with Crippen LogP contribution in [0.1, 0.15) is 30.5 Å². The molecule has 1 atom stereocenters. The molecule has 0 saturated heterocycles. The monoisotopic (exact) mass is 533 g/mol. The fraction of sp³-hybridized carbons (Fsp3) is 0.391. The first-order valence-electron chi connectivity index (χ1n) is 10.6. The molecule has 2 aromatic carbocycles. The van der Waals surface area contributed by atoms with Crippen molar-refractivity contribution in [3.8, 4) is 0 Å². The average Bonchev–Trinajstić information content (AvgIpc) is 2.75. The molecule has 0 aromatic heterocycles. The Kier molecular flexibility index (Phi) is 9.18. The molecule has 12 heteroatoms. The van der Waals surface area contributed by atoms with Crippen LogP contribution >= 0.6 is 11.6 Å². The third-order valence-electron chi connectivity index (χ3n) is 5.34. The van der Waals surface area contributed by atoms with Crippen molar-refractivity contribution >= 4 is 39.1 Å². The van der Waals surface area contributed by atoms with Crippen LogP contribution in [0.25, 0.3) is 0 Å². The summed E-state index contributed by atoms with van der Waals surface area (Å²) in [7, 11) is -4.24. The predicted octanol–water partition coefficient (Wildman–Crippen LogP) is 3.99. The summed E-state index contributed by atoms with van der Waals surface area (Å²) in [5, 5.41) is 2.34. The lowest BCUT2D eigenvalue weighted by atomic mass is 10.1. The van der Waals surface area contributed by atoms with Gasteiger partial charge in [-0.3, -0.25) is 13.9 Å². The number of sulfonamides is 1. The van der Waals surface area contributed by atoms with Crippen LogP contribution in [0.3, 0.4) is 0 Å². The number of aryl methyl sites for hydroxylation is 1. The number of carbonyl (C=O) groups excluding carboxylic acids is 2. The summed E-state index contributed by atoms with van der Waals surface area (Å²) in [6.07, 6.45) is -3.99. The Balaban J connectivity index is 2.51. The molecule has 7 nitrogen and oxygen atoms in total. The minimum absolute atomic E-state index is 0.0161. The van der Waals surface area contributed by atoms with Gasteiger partial charge in [-0.1, -0.05) is 35.9 Å². The predicted molar refractivity (Wildman–Crippen MR) is 129 cm³/mol. The van der Waals surface area contributed by atoms with Gasteiger partial charge in [0.25, 0.3) is 0 Å². The molecule has 2 amide bonds. The highest BCUT2D eigenvalue weighted by molar-refractivity contribution is 7.92.